The number of nitrogens with one attached hydrogen (secondary N) is 1. The molecule has 29 heavy (non-hydrogen) atoms. The van der Waals surface area contributed by atoms with E-state index < -0.39 is 6.04 Å². The van der Waals surface area contributed by atoms with Crippen molar-refractivity contribution in [2.75, 3.05) is 13.2 Å². The van der Waals surface area contributed by atoms with Gasteiger partial charge in [0.1, 0.15) is 17.6 Å². The van der Waals surface area contributed by atoms with Crippen molar-refractivity contribution in [1.82, 2.24) is 10.2 Å². The maximum atomic E-state index is 13.0. The predicted octanol–water partition coefficient (Wildman–Crippen LogP) is 4.19. The van der Waals surface area contributed by atoms with Crippen molar-refractivity contribution in [1.29, 1.82) is 0 Å². The van der Waals surface area contributed by atoms with Crippen molar-refractivity contribution in [2.45, 2.75) is 39.3 Å². The van der Waals surface area contributed by atoms with Crippen LogP contribution in [0.2, 0.25) is 5.02 Å². The Morgan fingerprint density at radius 2 is 1.83 bits per heavy atom. The fourth-order valence-corrected chi connectivity index (χ4v) is 3.05. The molecule has 2 amide bonds. The predicted molar refractivity (Wildman–Crippen MR) is 111 cm³/mol. The third-order valence-electron chi connectivity index (χ3n) is 4.41. The fraction of sp³-hybridized carbons (Fsp3) is 0.364. The van der Waals surface area contributed by atoms with E-state index in [1.807, 2.05) is 26.0 Å². The zero-order valence-electron chi connectivity index (χ0n) is 16.7. The van der Waals surface area contributed by atoms with Crippen LogP contribution in [0, 0.1) is 5.82 Å². The first-order chi connectivity index (χ1) is 14.0. The van der Waals surface area contributed by atoms with Crippen LogP contribution in [0.3, 0.4) is 0 Å². The number of benzene rings is 2. The summed E-state index contributed by atoms with van der Waals surface area (Å²) in [7, 11) is 0. The Hall–Kier alpha value is -2.60. The monoisotopic (exact) mass is 420 g/mol. The van der Waals surface area contributed by atoms with E-state index in [4.69, 9.17) is 16.3 Å². The molecular formula is C22H26ClFN2O3. The van der Waals surface area contributed by atoms with E-state index in [9.17, 15) is 14.0 Å². The van der Waals surface area contributed by atoms with E-state index in [1.54, 1.807) is 12.1 Å². The zero-order valence-corrected chi connectivity index (χ0v) is 17.4. The van der Waals surface area contributed by atoms with Gasteiger partial charge in [0.2, 0.25) is 5.91 Å². The molecule has 0 aliphatic carbocycles. The number of hydrogen-bond acceptors (Lipinski definition) is 3. The second-order valence-electron chi connectivity index (χ2n) is 6.57. The molecule has 2 rings (SSSR count). The summed E-state index contributed by atoms with van der Waals surface area (Å²) < 4.78 is 18.6. The maximum absolute atomic E-state index is 13.0. The number of carbonyl (C=O) groups is 2. The maximum Gasteiger partial charge on any atom is 0.261 e. The van der Waals surface area contributed by atoms with Gasteiger partial charge in [-0.15, -0.1) is 0 Å². The van der Waals surface area contributed by atoms with Gasteiger partial charge in [-0.05, 0) is 48.7 Å². The van der Waals surface area contributed by atoms with Crippen molar-refractivity contribution in [3.63, 3.8) is 0 Å². The van der Waals surface area contributed by atoms with E-state index in [-0.39, 0.29) is 30.8 Å². The lowest BCUT2D eigenvalue weighted by Crippen LogP contribution is -2.50. The van der Waals surface area contributed by atoms with Crippen LogP contribution in [0.1, 0.15) is 32.3 Å². The molecule has 0 heterocycles. The summed E-state index contributed by atoms with van der Waals surface area (Å²) in [5.74, 6) is -0.576. The van der Waals surface area contributed by atoms with Crippen LogP contribution in [0.5, 0.6) is 5.75 Å². The molecule has 1 atom stereocenters. The summed E-state index contributed by atoms with van der Waals surface area (Å²) in [6, 6.07) is 12.0. The van der Waals surface area contributed by atoms with Gasteiger partial charge in [0.25, 0.3) is 5.91 Å². The minimum absolute atomic E-state index is 0.184. The van der Waals surface area contributed by atoms with E-state index in [1.165, 1.54) is 29.2 Å². The highest BCUT2D eigenvalue weighted by Gasteiger charge is 2.29. The van der Waals surface area contributed by atoms with Crippen molar-refractivity contribution in [3.05, 3.63) is 64.9 Å². The first kappa shape index (κ1) is 22.7. The van der Waals surface area contributed by atoms with Gasteiger partial charge in [-0.1, -0.05) is 43.6 Å². The van der Waals surface area contributed by atoms with E-state index in [0.29, 0.717) is 23.7 Å². The SMILES string of the molecule is CCCNC(=O)C(CC)N(Cc1ccccc1Cl)C(=O)COc1ccc(F)cc1. The van der Waals surface area contributed by atoms with Crippen molar-refractivity contribution >= 4 is 23.4 Å². The van der Waals surface area contributed by atoms with Crippen molar-refractivity contribution < 1.29 is 18.7 Å². The fourth-order valence-electron chi connectivity index (χ4n) is 2.85. The molecule has 0 spiro atoms. The molecule has 0 bridgehead atoms. The molecule has 2 aromatic rings. The lowest BCUT2D eigenvalue weighted by atomic mass is 10.1. The Labute approximate surface area is 175 Å². The summed E-state index contributed by atoms with van der Waals surface area (Å²) in [5.41, 5.74) is 0.742. The normalized spacial score (nSPS) is 11.6. The summed E-state index contributed by atoms with van der Waals surface area (Å²) in [5, 5.41) is 3.37. The highest BCUT2D eigenvalue weighted by molar-refractivity contribution is 6.31. The van der Waals surface area contributed by atoms with Crippen LogP contribution in [0.15, 0.2) is 48.5 Å². The molecule has 0 saturated heterocycles. The third kappa shape index (κ3) is 6.75. The van der Waals surface area contributed by atoms with Crippen LogP contribution >= 0.6 is 11.6 Å². The molecule has 0 saturated carbocycles. The highest BCUT2D eigenvalue weighted by Crippen LogP contribution is 2.20. The summed E-state index contributed by atoms with van der Waals surface area (Å²) in [4.78, 5) is 27.1. The first-order valence-corrected chi connectivity index (χ1v) is 10.0. The Bertz CT molecular complexity index is 814. The van der Waals surface area contributed by atoms with Gasteiger partial charge in [-0.25, -0.2) is 4.39 Å². The standard InChI is InChI=1S/C22H26ClFN2O3/c1-3-13-25-22(28)20(4-2)26(14-16-7-5-6-8-19(16)23)21(27)15-29-18-11-9-17(24)10-12-18/h5-12,20H,3-4,13-15H2,1-2H3,(H,25,28). The molecule has 7 heteroatoms. The van der Waals surface area contributed by atoms with Crippen LogP contribution < -0.4 is 10.1 Å². The topological polar surface area (TPSA) is 58.6 Å². The number of rotatable bonds is 10. The highest BCUT2D eigenvalue weighted by atomic mass is 35.5. The van der Waals surface area contributed by atoms with E-state index in [0.717, 1.165) is 12.0 Å². The molecule has 1 N–H and O–H groups in total. The van der Waals surface area contributed by atoms with Gasteiger partial charge in [0, 0.05) is 18.1 Å². The Balaban J connectivity index is 2.19. The minimum Gasteiger partial charge on any atom is -0.484 e. The molecule has 0 fully saturated rings. The summed E-state index contributed by atoms with van der Waals surface area (Å²) in [6.07, 6.45) is 1.25. The number of amides is 2. The average Bonchev–Trinajstić information content (AvgIpc) is 2.72. The average molecular weight is 421 g/mol. The molecule has 0 aliphatic rings. The number of ether oxygens (including phenoxy) is 1. The molecule has 156 valence electrons. The second-order valence-corrected chi connectivity index (χ2v) is 6.98. The molecule has 0 aliphatic heterocycles. The van der Waals surface area contributed by atoms with Gasteiger partial charge >= 0.3 is 0 Å². The molecular weight excluding hydrogens is 395 g/mol. The number of hydrogen-bond donors (Lipinski definition) is 1. The molecule has 0 radical (unpaired) electrons. The summed E-state index contributed by atoms with van der Waals surface area (Å²) in [6.45, 7) is 4.26. The van der Waals surface area contributed by atoms with Crippen LogP contribution in [-0.4, -0.2) is 35.9 Å². The largest absolute Gasteiger partial charge is 0.484 e. The minimum atomic E-state index is -0.651. The van der Waals surface area contributed by atoms with Crippen molar-refractivity contribution in [2.24, 2.45) is 0 Å². The lowest BCUT2D eigenvalue weighted by Gasteiger charge is -2.30. The smallest absolute Gasteiger partial charge is 0.261 e. The van der Waals surface area contributed by atoms with Gasteiger partial charge in [-0.3, -0.25) is 9.59 Å². The third-order valence-corrected chi connectivity index (χ3v) is 4.78. The zero-order chi connectivity index (χ0) is 21.2. The van der Waals surface area contributed by atoms with Gasteiger partial charge in [-0.2, -0.15) is 0 Å². The van der Waals surface area contributed by atoms with Crippen LogP contribution in [-0.2, 0) is 16.1 Å². The van der Waals surface area contributed by atoms with Gasteiger partial charge in [0.15, 0.2) is 6.61 Å². The summed E-state index contributed by atoms with van der Waals surface area (Å²) >= 11 is 6.27. The second kappa shape index (κ2) is 11.4. The number of halogens is 2. The Morgan fingerprint density at radius 3 is 2.45 bits per heavy atom. The Morgan fingerprint density at radius 1 is 1.14 bits per heavy atom. The molecule has 2 aromatic carbocycles. The lowest BCUT2D eigenvalue weighted by molar-refractivity contribution is -0.143. The Kier molecular flexibility index (Phi) is 8.93. The van der Waals surface area contributed by atoms with Crippen LogP contribution in [0.4, 0.5) is 4.39 Å². The molecule has 5 nitrogen and oxygen atoms in total. The van der Waals surface area contributed by atoms with Gasteiger partial charge < -0.3 is 15.0 Å². The van der Waals surface area contributed by atoms with E-state index in [2.05, 4.69) is 5.32 Å². The quantitative estimate of drug-likeness (QED) is 0.627. The van der Waals surface area contributed by atoms with Gasteiger partial charge in [0.05, 0.1) is 0 Å². The first-order valence-electron chi connectivity index (χ1n) is 9.65. The van der Waals surface area contributed by atoms with E-state index >= 15 is 0 Å². The number of carbonyl (C=O) groups excluding carboxylic acids is 2. The van der Waals surface area contributed by atoms with Crippen molar-refractivity contribution in [3.8, 4) is 5.75 Å². The molecule has 1 unspecified atom stereocenters. The number of nitrogens with zero attached hydrogens (tertiary/aromatic N) is 1. The molecule has 0 aromatic heterocycles. The van der Waals surface area contributed by atoms with Crippen LogP contribution in [0.25, 0.3) is 0 Å².